The Kier molecular flexibility index (Phi) is 4.51. The van der Waals surface area contributed by atoms with Crippen LogP contribution in [-0.4, -0.2) is 48.4 Å². The standard InChI is InChI=1S/C18H19IN4O2/c1-11-9-12(23-5-7-25-8-6-23)10-14-16(11)22-17(21-14)15-13(19)3-4-20-18(15)24-2/h3-4,9-10H,5-8H2,1-2H3,(H,21,22). The number of benzene rings is 1. The number of rotatable bonds is 3. The van der Waals surface area contributed by atoms with Gasteiger partial charge in [-0.25, -0.2) is 9.97 Å². The van der Waals surface area contributed by atoms with Gasteiger partial charge in [-0.1, -0.05) is 0 Å². The Bertz CT molecular complexity index is 919. The molecule has 0 atom stereocenters. The number of pyridine rings is 1. The zero-order valence-corrected chi connectivity index (χ0v) is 16.3. The third-order valence-electron chi connectivity index (χ3n) is 4.43. The number of H-pyrrole nitrogens is 1. The lowest BCUT2D eigenvalue weighted by atomic mass is 10.1. The molecule has 1 saturated heterocycles. The van der Waals surface area contributed by atoms with Crippen LogP contribution in [0.15, 0.2) is 24.4 Å². The highest BCUT2D eigenvalue weighted by Crippen LogP contribution is 2.33. The predicted molar refractivity (Wildman–Crippen MR) is 106 cm³/mol. The maximum absolute atomic E-state index is 5.46. The molecule has 3 aromatic rings. The van der Waals surface area contributed by atoms with E-state index in [1.807, 2.05) is 6.07 Å². The van der Waals surface area contributed by atoms with Gasteiger partial charge in [-0.05, 0) is 53.3 Å². The van der Waals surface area contributed by atoms with Crippen molar-refractivity contribution in [2.75, 3.05) is 38.3 Å². The largest absolute Gasteiger partial charge is 0.480 e. The molecule has 3 heterocycles. The number of hydrogen-bond donors (Lipinski definition) is 1. The normalized spacial score (nSPS) is 14.9. The number of ether oxygens (including phenoxy) is 2. The first-order valence-corrected chi connectivity index (χ1v) is 9.27. The number of methoxy groups -OCH3 is 1. The minimum absolute atomic E-state index is 0.581. The van der Waals surface area contributed by atoms with E-state index in [9.17, 15) is 0 Å². The lowest BCUT2D eigenvalue weighted by Gasteiger charge is -2.29. The molecule has 6 nitrogen and oxygen atoms in total. The molecule has 0 bridgehead atoms. The second-order valence-corrected chi connectivity index (χ2v) is 7.18. The number of nitrogens with zero attached hydrogens (tertiary/aromatic N) is 3. The molecule has 0 saturated carbocycles. The van der Waals surface area contributed by atoms with Gasteiger partial charge < -0.3 is 19.4 Å². The highest BCUT2D eigenvalue weighted by molar-refractivity contribution is 14.1. The van der Waals surface area contributed by atoms with Crippen LogP contribution >= 0.6 is 22.6 Å². The van der Waals surface area contributed by atoms with Gasteiger partial charge in [0.1, 0.15) is 5.82 Å². The van der Waals surface area contributed by atoms with Crippen LogP contribution in [0, 0.1) is 10.5 Å². The average Bonchev–Trinajstić information content (AvgIpc) is 3.06. The number of morpholine rings is 1. The van der Waals surface area contributed by atoms with Crippen molar-refractivity contribution in [3.05, 3.63) is 33.5 Å². The molecular weight excluding hydrogens is 431 g/mol. The topological polar surface area (TPSA) is 63.3 Å². The van der Waals surface area contributed by atoms with Gasteiger partial charge in [0.25, 0.3) is 0 Å². The molecule has 130 valence electrons. The molecule has 0 aliphatic carbocycles. The first-order valence-electron chi connectivity index (χ1n) is 8.19. The molecule has 1 aliphatic heterocycles. The van der Waals surface area contributed by atoms with E-state index in [0.717, 1.165) is 57.9 Å². The van der Waals surface area contributed by atoms with Gasteiger partial charge >= 0.3 is 0 Å². The van der Waals surface area contributed by atoms with Crippen LogP contribution in [-0.2, 0) is 4.74 Å². The van der Waals surface area contributed by atoms with Gasteiger partial charge in [0, 0.05) is 28.5 Å². The van der Waals surface area contributed by atoms with E-state index in [2.05, 4.69) is 56.5 Å². The van der Waals surface area contributed by atoms with Crippen LogP contribution in [0.2, 0.25) is 0 Å². The van der Waals surface area contributed by atoms with Crippen molar-refractivity contribution in [2.45, 2.75) is 6.92 Å². The highest BCUT2D eigenvalue weighted by Gasteiger charge is 2.18. The molecule has 1 fully saturated rings. The zero-order chi connectivity index (χ0) is 17.4. The van der Waals surface area contributed by atoms with E-state index < -0.39 is 0 Å². The minimum atomic E-state index is 0.581. The number of anilines is 1. The second-order valence-electron chi connectivity index (χ2n) is 6.02. The van der Waals surface area contributed by atoms with E-state index in [0.29, 0.717) is 5.88 Å². The fraction of sp³-hybridized carbons (Fsp3) is 0.333. The van der Waals surface area contributed by atoms with E-state index in [1.165, 1.54) is 5.69 Å². The van der Waals surface area contributed by atoms with E-state index in [4.69, 9.17) is 14.5 Å². The van der Waals surface area contributed by atoms with Crippen molar-refractivity contribution in [3.8, 4) is 17.3 Å². The monoisotopic (exact) mass is 450 g/mol. The summed E-state index contributed by atoms with van der Waals surface area (Å²) >= 11 is 2.29. The van der Waals surface area contributed by atoms with Crippen LogP contribution in [0.25, 0.3) is 22.4 Å². The first kappa shape index (κ1) is 16.6. The molecule has 0 radical (unpaired) electrons. The molecule has 1 aliphatic rings. The van der Waals surface area contributed by atoms with E-state index in [1.54, 1.807) is 13.3 Å². The van der Waals surface area contributed by atoms with Crippen LogP contribution in [0.4, 0.5) is 5.69 Å². The number of aromatic amines is 1. The summed E-state index contributed by atoms with van der Waals surface area (Å²) in [6.45, 7) is 5.48. The van der Waals surface area contributed by atoms with Gasteiger partial charge in [-0.15, -0.1) is 0 Å². The highest BCUT2D eigenvalue weighted by atomic mass is 127. The first-order chi connectivity index (χ1) is 12.2. The Morgan fingerprint density at radius 2 is 2.08 bits per heavy atom. The zero-order valence-electron chi connectivity index (χ0n) is 14.2. The smallest absolute Gasteiger partial charge is 0.225 e. The van der Waals surface area contributed by atoms with Gasteiger partial charge in [0.2, 0.25) is 5.88 Å². The molecular formula is C18H19IN4O2. The van der Waals surface area contributed by atoms with E-state index in [-0.39, 0.29) is 0 Å². The van der Waals surface area contributed by atoms with E-state index >= 15 is 0 Å². The van der Waals surface area contributed by atoms with Gasteiger partial charge in [-0.2, -0.15) is 0 Å². The Morgan fingerprint density at radius 3 is 2.84 bits per heavy atom. The number of hydrogen-bond acceptors (Lipinski definition) is 5. The lowest BCUT2D eigenvalue weighted by Crippen LogP contribution is -2.36. The molecule has 0 spiro atoms. The summed E-state index contributed by atoms with van der Waals surface area (Å²) < 4.78 is 11.9. The Morgan fingerprint density at radius 1 is 1.28 bits per heavy atom. The number of fused-ring (bicyclic) bond motifs is 1. The maximum Gasteiger partial charge on any atom is 0.225 e. The van der Waals surface area contributed by atoms with Crippen molar-refractivity contribution >= 4 is 39.3 Å². The quantitative estimate of drug-likeness (QED) is 0.620. The molecule has 4 rings (SSSR count). The van der Waals surface area contributed by atoms with Crippen LogP contribution in [0.5, 0.6) is 5.88 Å². The molecule has 7 heteroatoms. The molecule has 0 amide bonds. The number of imidazole rings is 1. The molecule has 25 heavy (non-hydrogen) atoms. The summed E-state index contributed by atoms with van der Waals surface area (Å²) in [5.74, 6) is 1.36. The summed E-state index contributed by atoms with van der Waals surface area (Å²) in [7, 11) is 1.63. The summed E-state index contributed by atoms with van der Waals surface area (Å²) in [6.07, 6.45) is 1.74. The fourth-order valence-electron chi connectivity index (χ4n) is 3.18. The van der Waals surface area contributed by atoms with Crippen LogP contribution in [0.3, 0.4) is 0 Å². The summed E-state index contributed by atoms with van der Waals surface area (Å²) in [5.41, 5.74) is 5.26. The number of halogens is 1. The van der Waals surface area contributed by atoms with Crippen molar-refractivity contribution < 1.29 is 9.47 Å². The summed E-state index contributed by atoms with van der Waals surface area (Å²) in [5, 5.41) is 0. The van der Waals surface area contributed by atoms with Crippen molar-refractivity contribution in [3.63, 3.8) is 0 Å². The van der Waals surface area contributed by atoms with Crippen molar-refractivity contribution in [1.82, 2.24) is 15.0 Å². The third-order valence-corrected chi connectivity index (χ3v) is 5.33. The van der Waals surface area contributed by atoms with Crippen LogP contribution in [0.1, 0.15) is 5.56 Å². The Hall–Kier alpha value is -1.87. The third kappa shape index (κ3) is 3.06. The average molecular weight is 450 g/mol. The van der Waals surface area contributed by atoms with Crippen molar-refractivity contribution in [2.24, 2.45) is 0 Å². The molecule has 0 unspecified atom stereocenters. The fourth-order valence-corrected chi connectivity index (χ4v) is 3.83. The SMILES string of the molecule is COc1nccc(I)c1-c1nc2c(C)cc(N3CCOCC3)cc2[nH]1. The number of aryl methyl sites for hydroxylation is 1. The summed E-state index contributed by atoms with van der Waals surface area (Å²) in [4.78, 5) is 14.9. The van der Waals surface area contributed by atoms with Crippen LogP contribution < -0.4 is 9.64 Å². The molecule has 1 N–H and O–H groups in total. The molecule has 1 aromatic carbocycles. The second kappa shape index (κ2) is 6.80. The van der Waals surface area contributed by atoms with Gasteiger partial charge in [0.15, 0.2) is 0 Å². The Balaban J connectivity index is 1.82. The predicted octanol–water partition coefficient (Wildman–Crippen LogP) is 3.38. The van der Waals surface area contributed by atoms with Gasteiger partial charge in [0.05, 0.1) is 36.9 Å². The minimum Gasteiger partial charge on any atom is -0.480 e. The lowest BCUT2D eigenvalue weighted by molar-refractivity contribution is 0.122. The Labute approximate surface area is 159 Å². The number of nitrogens with one attached hydrogen (secondary N) is 1. The maximum atomic E-state index is 5.46. The summed E-state index contributed by atoms with van der Waals surface area (Å²) in [6, 6.07) is 6.32. The van der Waals surface area contributed by atoms with Crippen molar-refractivity contribution in [1.29, 1.82) is 0 Å². The van der Waals surface area contributed by atoms with Gasteiger partial charge in [-0.3, -0.25) is 0 Å². The molecule has 2 aromatic heterocycles. The number of aromatic nitrogens is 3.